The Labute approximate surface area is 163 Å². The van der Waals surface area contributed by atoms with Gasteiger partial charge in [-0.1, -0.05) is 42.1 Å². The molecule has 0 fully saturated rings. The third kappa shape index (κ3) is 3.64. The van der Waals surface area contributed by atoms with E-state index < -0.39 is 11.7 Å². The van der Waals surface area contributed by atoms with E-state index in [1.165, 1.54) is 17.8 Å². The van der Waals surface area contributed by atoms with Crippen LogP contribution in [-0.4, -0.2) is 12.0 Å². The van der Waals surface area contributed by atoms with Gasteiger partial charge in [-0.05, 0) is 42.7 Å². The van der Waals surface area contributed by atoms with Gasteiger partial charge < -0.3 is 0 Å². The average Bonchev–Trinajstić information content (AvgIpc) is 2.83. The smallest absolute Gasteiger partial charge is 0.247 e. The Hall–Kier alpha value is -2.18. The Kier molecular flexibility index (Phi) is 4.78. The summed E-state index contributed by atoms with van der Waals surface area (Å²) < 4.78 is 39.5. The second-order valence-electron chi connectivity index (χ2n) is 5.97. The monoisotopic (exact) mass is 401 g/mol. The quantitative estimate of drug-likeness (QED) is 0.333. The highest BCUT2D eigenvalue weighted by Crippen LogP contribution is 2.43. The lowest BCUT2D eigenvalue weighted by Gasteiger charge is -2.10. The van der Waals surface area contributed by atoms with Crippen LogP contribution in [0.4, 0.5) is 18.9 Å². The van der Waals surface area contributed by atoms with Crippen LogP contribution in [-0.2, 0) is 6.18 Å². The van der Waals surface area contributed by atoms with E-state index in [4.69, 9.17) is 0 Å². The van der Waals surface area contributed by atoms with E-state index in [2.05, 4.69) is 4.99 Å². The molecule has 1 nitrogen and oxygen atoms in total. The molecule has 27 heavy (non-hydrogen) atoms. The summed E-state index contributed by atoms with van der Waals surface area (Å²) in [5.41, 5.74) is 2.14. The second kappa shape index (κ2) is 7.09. The average molecular weight is 401 g/mol. The van der Waals surface area contributed by atoms with Gasteiger partial charge in [0.2, 0.25) is 0 Å². The van der Waals surface area contributed by atoms with Crippen molar-refractivity contribution in [2.24, 2.45) is 4.99 Å². The molecule has 0 atom stereocenters. The van der Waals surface area contributed by atoms with Gasteiger partial charge in [-0.2, -0.15) is 13.2 Å². The molecule has 136 valence electrons. The first-order valence-electron chi connectivity index (χ1n) is 8.17. The summed E-state index contributed by atoms with van der Waals surface area (Å²) >= 11 is 3.08. The fourth-order valence-electron chi connectivity index (χ4n) is 2.89. The molecular formula is C21H14F3NS2. The van der Waals surface area contributed by atoms with Crippen molar-refractivity contribution >= 4 is 34.9 Å². The van der Waals surface area contributed by atoms with E-state index in [0.717, 1.165) is 33.1 Å². The summed E-state index contributed by atoms with van der Waals surface area (Å²) in [4.78, 5) is 7.48. The van der Waals surface area contributed by atoms with Gasteiger partial charge in [-0.25, -0.2) is 4.99 Å². The van der Waals surface area contributed by atoms with Crippen LogP contribution in [0.2, 0.25) is 0 Å². The van der Waals surface area contributed by atoms with E-state index in [9.17, 15) is 13.2 Å². The van der Waals surface area contributed by atoms with Crippen LogP contribution in [0.3, 0.4) is 0 Å². The Morgan fingerprint density at radius 3 is 2.33 bits per heavy atom. The van der Waals surface area contributed by atoms with E-state index in [-0.39, 0.29) is 0 Å². The van der Waals surface area contributed by atoms with Crippen molar-refractivity contribution in [2.75, 3.05) is 6.26 Å². The Bertz CT molecular complexity index is 1020. The highest BCUT2D eigenvalue weighted by molar-refractivity contribution is 7.99. The third-order valence-electron chi connectivity index (χ3n) is 4.24. The first-order chi connectivity index (χ1) is 13.0. The van der Waals surface area contributed by atoms with Crippen LogP contribution in [0.1, 0.15) is 16.7 Å². The van der Waals surface area contributed by atoms with Gasteiger partial charge in [0.05, 0.1) is 17.0 Å². The molecule has 0 saturated carbocycles. The van der Waals surface area contributed by atoms with E-state index in [1.54, 1.807) is 11.8 Å². The van der Waals surface area contributed by atoms with Crippen molar-refractivity contribution in [3.63, 3.8) is 0 Å². The Morgan fingerprint density at radius 1 is 0.889 bits per heavy atom. The maximum absolute atomic E-state index is 13.2. The van der Waals surface area contributed by atoms with Gasteiger partial charge in [-0.15, -0.1) is 11.8 Å². The molecule has 4 rings (SSSR count). The minimum absolute atomic E-state index is 0.343. The molecule has 0 bridgehead atoms. The minimum atomic E-state index is -4.39. The summed E-state index contributed by atoms with van der Waals surface area (Å²) in [5.74, 6) is 0. The number of alkyl halides is 3. The molecule has 0 amide bonds. The summed E-state index contributed by atoms with van der Waals surface area (Å²) in [6.07, 6.45) is -2.40. The van der Waals surface area contributed by atoms with E-state index in [0.29, 0.717) is 16.3 Å². The molecule has 1 heterocycles. The van der Waals surface area contributed by atoms with Gasteiger partial charge in [0.1, 0.15) is 0 Å². The number of thioether (sulfide) groups is 1. The topological polar surface area (TPSA) is 12.4 Å². The molecule has 1 aliphatic heterocycles. The largest absolute Gasteiger partial charge is 0.416 e. The molecule has 0 radical (unpaired) electrons. The molecule has 0 saturated heterocycles. The lowest BCUT2D eigenvalue weighted by Crippen LogP contribution is -2.05. The molecule has 3 aromatic carbocycles. The normalized spacial score (nSPS) is 13.4. The minimum Gasteiger partial charge on any atom is -0.247 e. The second-order valence-corrected chi connectivity index (χ2v) is 7.93. The van der Waals surface area contributed by atoms with Crippen LogP contribution in [0.5, 0.6) is 0 Å². The van der Waals surface area contributed by atoms with E-state index >= 15 is 0 Å². The summed E-state index contributed by atoms with van der Waals surface area (Å²) in [7, 11) is 0. The summed E-state index contributed by atoms with van der Waals surface area (Å²) in [5, 5.41) is 0. The van der Waals surface area contributed by atoms with Crippen LogP contribution >= 0.6 is 23.5 Å². The fourth-order valence-corrected chi connectivity index (χ4v) is 4.30. The molecule has 0 aromatic heterocycles. The van der Waals surface area contributed by atoms with E-state index in [1.807, 2.05) is 54.8 Å². The Balaban J connectivity index is 1.92. The molecule has 1 aliphatic rings. The van der Waals surface area contributed by atoms with Crippen LogP contribution in [0.25, 0.3) is 0 Å². The predicted octanol–water partition coefficient (Wildman–Crippen LogP) is 7.06. The zero-order valence-corrected chi connectivity index (χ0v) is 15.9. The standard InChI is InChI=1S/C21H14F3NS2/c1-26-15-9-6-13(7-10-15)20-16-4-2-3-5-18(16)27-19-11-8-14(21(22,23)24)12-17(19)25-20/h2-12H,1H3. The maximum Gasteiger partial charge on any atom is 0.416 e. The van der Waals surface area contributed by atoms with Crippen molar-refractivity contribution in [3.8, 4) is 0 Å². The molecule has 3 aromatic rings. The predicted molar refractivity (Wildman–Crippen MR) is 106 cm³/mol. The van der Waals surface area contributed by atoms with Gasteiger partial charge in [0.25, 0.3) is 0 Å². The van der Waals surface area contributed by atoms with Crippen molar-refractivity contribution in [2.45, 2.75) is 20.9 Å². The zero-order valence-electron chi connectivity index (χ0n) is 14.2. The van der Waals surface area contributed by atoms with Crippen LogP contribution < -0.4 is 0 Å². The maximum atomic E-state index is 13.2. The lowest BCUT2D eigenvalue weighted by molar-refractivity contribution is -0.137. The number of hydrogen-bond donors (Lipinski definition) is 0. The van der Waals surface area contributed by atoms with Gasteiger partial charge in [-0.3, -0.25) is 0 Å². The number of fused-ring (bicyclic) bond motifs is 2. The van der Waals surface area contributed by atoms with Crippen molar-refractivity contribution in [1.82, 2.24) is 0 Å². The fraction of sp³-hybridized carbons (Fsp3) is 0.0952. The Morgan fingerprint density at radius 2 is 1.63 bits per heavy atom. The highest BCUT2D eigenvalue weighted by Gasteiger charge is 2.31. The first kappa shape index (κ1) is 18.2. The number of rotatable bonds is 2. The highest BCUT2D eigenvalue weighted by atomic mass is 32.2. The molecular weight excluding hydrogens is 387 g/mol. The van der Waals surface area contributed by atoms with Gasteiger partial charge in [0.15, 0.2) is 0 Å². The summed E-state index contributed by atoms with van der Waals surface area (Å²) in [6.45, 7) is 0. The number of aliphatic imine (C=N–C) groups is 1. The number of halogens is 3. The molecule has 0 unspecified atom stereocenters. The molecule has 0 aliphatic carbocycles. The van der Waals surface area contributed by atoms with Crippen LogP contribution in [0, 0.1) is 0 Å². The molecule has 0 spiro atoms. The SMILES string of the molecule is CSc1ccc(C2=Nc3cc(C(F)(F)F)ccc3Sc3ccccc32)cc1. The lowest BCUT2D eigenvalue weighted by atomic mass is 10.0. The van der Waals surface area contributed by atoms with Gasteiger partial charge in [0, 0.05) is 25.8 Å². The van der Waals surface area contributed by atoms with Gasteiger partial charge >= 0.3 is 6.18 Å². The first-order valence-corrected chi connectivity index (χ1v) is 10.2. The summed E-state index contributed by atoms with van der Waals surface area (Å²) in [6, 6.07) is 19.4. The number of benzene rings is 3. The van der Waals surface area contributed by atoms with Crippen molar-refractivity contribution in [1.29, 1.82) is 0 Å². The number of hydrogen-bond acceptors (Lipinski definition) is 3. The molecule has 6 heteroatoms. The van der Waals surface area contributed by atoms with Crippen molar-refractivity contribution in [3.05, 3.63) is 83.4 Å². The zero-order chi connectivity index (χ0) is 19.0. The number of nitrogens with zero attached hydrogens (tertiary/aromatic N) is 1. The third-order valence-corrected chi connectivity index (χ3v) is 6.13. The van der Waals surface area contributed by atoms with Crippen LogP contribution in [0.15, 0.2) is 86.4 Å². The molecule has 0 N–H and O–H groups in total. The van der Waals surface area contributed by atoms with Crippen molar-refractivity contribution < 1.29 is 13.2 Å².